The second-order valence-electron chi connectivity index (χ2n) is 4.15. The molecular formula is C11H13BrFN3O. The van der Waals surface area contributed by atoms with Crippen molar-refractivity contribution in [1.29, 1.82) is 0 Å². The van der Waals surface area contributed by atoms with Gasteiger partial charge >= 0.3 is 0 Å². The van der Waals surface area contributed by atoms with Crippen molar-refractivity contribution in [3.8, 4) is 0 Å². The zero-order chi connectivity index (χ0) is 12.4. The first-order valence-electron chi connectivity index (χ1n) is 5.43. The van der Waals surface area contributed by atoms with E-state index in [1.807, 2.05) is 0 Å². The van der Waals surface area contributed by atoms with Gasteiger partial charge in [-0.3, -0.25) is 4.79 Å². The molecule has 1 aliphatic rings. The summed E-state index contributed by atoms with van der Waals surface area (Å²) in [6, 6.07) is 1.37. The third kappa shape index (κ3) is 2.74. The van der Waals surface area contributed by atoms with Gasteiger partial charge in [0.1, 0.15) is 0 Å². The molecular weight excluding hydrogens is 289 g/mol. The Kier molecular flexibility index (Phi) is 3.61. The lowest BCUT2D eigenvalue weighted by atomic mass is 9.97. The zero-order valence-corrected chi connectivity index (χ0v) is 10.8. The second-order valence-corrected chi connectivity index (χ2v) is 5.06. The molecule has 6 heteroatoms. The van der Waals surface area contributed by atoms with Crippen LogP contribution in [0.25, 0.3) is 0 Å². The SMILES string of the molecule is NC(=O)C1CCCN(c2ncc(Br)cc2F)C1. The summed E-state index contributed by atoms with van der Waals surface area (Å²) in [4.78, 5) is 17.0. The van der Waals surface area contributed by atoms with Gasteiger partial charge in [0, 0.05) is 23.8 Å². The second kappa shape index (κ2) is 5.00. The van der Waals surface area contributed by atoms with Crippen molar-refractivity contribution in [1.82, 2.24) is 4.98 Å². The van der Waals surface area contributed by atoms with Crippen molar-refractivity contribution in [3.05, 3.63) is 22.6 Å². The van der Waals surface area contributed by atoms with Gasteiger partial charge in [-0.1, -0.05) is 0 Å². The molecule has 1 atom stereocenters. The molecule has 17 heavy (non-hydrogen) atoms. The molecule has 1 fully saturated rings. The summed E-state index contributed by atoms with van der Waals surface area (Å²) in [6.07, 6.45) is 3.14. The molecule has 1 aromatic rings. The standard InChI is InChI=1S/C11H13BrFN3O/c12-8-4-9(13)11(15-5-8)16-3-1-2-7(6-16)10(14)17/h4-5,7H,1-3,6H2,(H2,14,17). The van der Waals surface area contributed by atoms with Gasteiger partial charge in [-0.25, -0.2) is 9.37 Å². The summed E-state index contributed by atoms with van der Waals surface area (Å²) in [6.45, 7) is 1.15. The normalized spacial score (nSPS) is 20.4. The molecule has 2 rings (SSSR count). The number of primary amides is 1. The van der Waals surface area contributed by atoms with E-state index in [4.69, 9.17) is 5.73 Å². The number of nitrogens with two attached hydrogens (primary N) is 1. The first kappa shape index (κ1) is 12.3. The molecule has 2 N–H and O–H groups in total. The smallest absolute Gasteiger partial charge is 0.222 e. The van der Waals surface area contributed by atoms with Crippen LogP contribution in [0.3, 0.4) is 0 Å². The molecule has 1 amide bonds. The van der Waals surface area contributed by atoms with Gasteiger partial charge in [0.25, 0.3) is 0 Å². The maximum Gasteiger partial charge on any atom is 0.222 e. The Morgan fingerprint density at radius 3 is 3.06 bits per heavy atom. The predicted molar refractivity (Wildman–Crippen MR) is 66.0 cm³/mol. The maximum absolute atomic E-state index is 13.7. The highest BCUT2D eigenvalue weighted by atomic mass is 79.9. The molecule has 2 heterocycles. The molecule has 0 spiro atoms. The average Bonchev–Trinajstić information content (AvgIpc) is 2.29. The van der Waals surface area contributed by atoms with Gasteiger partial charge in [0.05, 0.1) is 5.92 Å². The fraction of sp³-hybridized carbons (Fsp3) is 0.455. The highest BCUT2D eigenvalue weighted by Gasteiger charge is 2.26. The summed E-state index contributed by atoms with van der Waals surface area (Å²) < 4.78 is 14.3. The minimum absolute atomic E-state index is 0.214. The van der Waals surface area contributed by atoms with Crippen LogP contribution in [0.15, 0.2) is 16.7 Å². The fourth-order valence-corrected chi connectivity index (χ4v) is 2.35. The van der Waals surface area contributed by atoms with Crippen LogP contribution >= 0.6 is 15.9 Å². The molecule has 0 radical (unpaired) electrons. The number of carbonyl (C=O) groups excluding carboxylic acids is 1. The number of pyridine rings is 1. The first-order valence-corrected chi connectivity index (χ1v) is 6.22. The highest BCUT2D eigenvalue weighted by Crippen LogP contribution is 2.25. The van der Waals surface area contributed by atoms with Crippen LogP contribution < -0.4 is 10.6 Å². The Labute approximate surface area is 107 Å². The van der Waals surface area contributed by atoms with Gasteiger partial charge in [-0.2, -0.15) is 0 Å². The molecule has 1 unspecified atom stereocenters. The molecule has 0 aliphatic carbocycles. The number of piperidine rings is 1. The summed E-state index contributed by atoms with van der Waals surface area (Å²) in [7, 11) is 0. The number of hydrogen-bond donors (Lipinski definition) is 1. The third-order valence-electron chi connectivity index (χ3n) is 2.91. The number of amides is 1. The van der Waals surface area contributed by atoms with Gasteiger partial charge < -0.3 is 10.6 Å². The van der Waals surface area contributed by atoms with Gasteiger partial charge in [-0.05, 0) is 34.8 Å². The number of anilines is 1. The summed E-state index contributed by atoms with van der Waals surface area (Å²) in [5, 5.41) is 0. The van der Waals surface area contributed by atoms with Crippen LogP contribution in [-0.2, 0) is 4.79 Å². The van der Waals surface area contributed by atoms with E-state index in [0.717, 1.165) is 12.8 Å². The van der Waals surface area contributed by atoms with E-state index in [9.17, 15) is 9.18 Å². The number of carbonyl (C=O) groups is 1. The molecule has 1 saturated heterocycles. The maximum atomic E-state index is 13.7. The highest BCUT2D eigenvalue weighted by molar-refractivity contribution is 9.10. The Morgan fingerprint density at radius 2 is 2.41 bits per heavy atom. The van der Waals surface area contributed by atoms with Crippen molar-refractivity contribution < 1.29 is 9.18 Å². The molecule has 92 valence electrons. The van der Waals surface area contributed by atoms with E-state index < -0.39 is 0 Å². The molecule has 4 nitrogen and oxygen atoms in total. The predicted octanol–water partition coefficient (Wildman–Crippen LogP) is 1.68. The number of aromatic nitrogens is 1. The summed E-state index contributed by atoms with van der Waals surface area (Å²) in [5.74, 6) is -0.635. The van der Waals surface area contributed by atoms with Gasteiger partial charge in [-0.15, -0.1) is 0 Å². The summed E-state index contributed by atoms with van der Waals surface area (Å²) >= 11 is 3.16. The van der Waals surface area contributed by atoms with E-state index in [1.165, 1.54) is 6.07 Å². The summed E-state index contributed by atoms with van der Waals surface area (Å²) in [5.41, 5.74) is 5.28. The lowest BCUT2D eigenvalue weighted by Gasteiger charge is -2.32. The van der Waals surface area contributed by atoms with Crippen molar-refractivity contribution in [2.75, 3.05) is 18.0 Å². The van der Waals surface area contributed by atoms with E-state index in [2.05, 4.69) is 20.9 Å². The van der Waals surface area contributed by atoms with Crippen molar-refractivity contribution in [3.63, 3.8) is 0 Å². The number of rotatable bonds is 2. The third-order valence-corrected chi connectivity index (χ3v) is 3.35. The van der Waals surface area contributed by atoms with E-state index in [1.54, 1.807) is 11.1 Å². The van der Waals surface area contributed by atoms with Crippen LogP contribution in [0.1, 0.15) is 12.8 Å². The Balaban J connectivity index is 2.19. The van der Waals surface area contributed by atoms with Gasteiger partial charge in [0.2, 0.25) is 5.91 Å². The molecule has 1 aromatic heterocycles. The van der Waals surface area contributed by atoms with Crippen LogP contribution in [0.5, 0.6) is 0 Å². The van der Waals surface area contributed by atoms with Crippen molar-refractivity contribution in [2.24, 2.45) is 11.7 Å². The van der Waals surface area contributed by atoms with Crippen LogP contribution in [-0.4, -0.2) is 24.0 Å². The van der Waals surface area contributed by atoms with E-state index in [-0.39, 0.29) is 17.6 Å². The monoisotopic (exact) mass is 301 g/mol. The molecule has 0 aromatic carbocycles. The fourth-order valence-electron chi connectivity index (χ4n) is 2.04. The Hall–Kier alpha value is -1.17. The Morgan fingerprint density at radius 1 is 1.65 bits per heavy atom. The van der Waals surface area contributed by atoms with E-state index >= 15 is 0 Å². The lowest BCUT2D eigenvalue weighted by Crippen LogP contribution is -2.41. The quantitative estimate of drug-likeness (QED) is 0.904. The largest absolute Gasteiger partial charge is 0.369 e. The van der Waals surface area contributed by atoms with E-state index in [0.29, 0.717) is 23.4 Å². The van der Waals surface area contributed by atoms with Crippen molar-refractivity contribution >= 4 is 27.7 Å². The number of halogens is 2. The minimum Gasteiger partial charge on any atom is -0.369 e. The van der Waals surface area contributed by atoms with Crippen LogP contribution in [0, 0.1) is 11.7 Å². The minimum atomic E-state index is -0.385. The topological polar surface area (TPSA) is 59.2 Å². The molecule has 0 bridgehead atoms. The zero-order valence-electron chi connectivity index (χ0n) is 9.20. The average molecular weight is 302 g/mol. The number of nitrogens with zero attached hydrogens (tertiary/aromatic N) is 2. The lowest BCUT2D eigenvalue weighted by molar-refractivity contribution is -0.122. The molecule has 0 saturated carbocycles. The number of hydrogen-bond acceptors (Lipinski definition) is 3. The first-order chi connectivity index (χ1) is 8.08. The van der Waals surface area contributed by atoms with Crippen LogP contribution in [0.4, 0.5) is 10.2 Å². The molecule has 1 aliphatic heterocycles. The van der Waals surface area contributed by atoms with Crippen LogP contribution in [0.2, 0.25) is 0 Å². The van der Waals surface area contributed by atoms with Crippen molar-refractivity contribution in [2.45, 2.75) is 12.8 Å². The Bertz CT molecular complexity index is 441. The van der Waals surface area contributed by atoms with Gasteiger partial charge in [0.15, 0.2) is 11.6 Å².